The van der Waals surface area contributed by atoms with Crippen molar-refractivity contribution in [2.75, 3.05) is 33.4 Å². The number of aliphatic hydroxyl groups excluding tert-OH is 1. The molecule has 0 spiro atoms. The van der Waals surface area contributed by atoms with Gasteiger partial charge in [-0.2, -0.15) is 0 Å². The van der Waals surface area contributed by atoms with Gasteiger partial charge in [0, 0.05) is 19.6 Å². The van der Waals surface area contributed by atoms with E-state index in [0.29, 0.717) is 34.4 Å². The lowest BCUT2D eigenvalue weighted by molar-refractivity contribution is -0.139. The van der Waals surface area contributed by atoms with E-state index in [-0.39, 0.29) is 30.6 Å². The van der Waals surface area contributed by atoms with Gasteiger partial charge in [-0.15, -0.1) is 0 Å². The van der Waals surface area contributed by atoms with E-state index >= 15 is 0 Å². The van der Waals surface area contributed by atoms with Crippen LogP contribution < -0.4 is 10.4 Å². The van der Waals surface area contributed by atoms with E-state index in [1.165, 1.54) is 7.11 Å². The lowest BCUT2D eigenvalue weighted by Crippen LogP contribution is -2.43. The summed E-state index contributed by atoms with van der Waals surface area (Å²) in [5.41, 5.74) is 2.07. The largest absolute Gasteiger partial charge is 0.491 e. The van der Waals surface area contributed by atoms with E-state index in [4.69, 9.17) is 27.9 Å². The number of carbonyl (C=O) groups excluding carboxylic acids is 1. The number of nitrogens with one attached hydrogen (secondary N) is 1. The molecular weight excluding hydrogens is 493 g/mol. The van der Waals surface area contributed by atoms with Crippen molar-refractivity contribution in [3.8, 4) is 5.75 Å². The molecule has 0 saturated carbocycles. The molecule has 2 aromatic carbocycles. The van der Waals surface area contributed by atoms with E-state index in [9.17, 15) is 14.7 Å². The third-order valence-corrected chi connectivity index (χ3v) is 6.99. The van der Waals surface area contributed by atoms with Crippen LogP contribution in [0.3, 0.4) is 0 Å². The van der Waals surface area contributed by atoms with Crippen molar-refractivity contribution in [3.05, 3.63) is 62.5 Å². The molecule has 0 radical (unpaired) electrons. The molecular formula is C25H29Cl2N3O5. The third-order valence-electron chi connectivity index (χ3n) is 6.27. The molecule has 0 aliphatic carbocycles. The number of likely N-dealkylation sites (tertiary alicyclic amines) is 1. The van der Waals surface area contributed by atoms with Gasteiger partial charge in [-0.3, -0.25) is 9.36 Å². The number of methoxy groups -OCH3 is 1. The second-order valence-corrected chi connectivity index (χ2v) is 9.77. The van der Waals surface area contributed by atoms with Gasteiger partial charge >= 0.3 is 11.7 Å². The molecule has 8 nitrogen and oxygen atoms in total. The number of piperidine rings is 1. The zero-order valence-electron chi connectivity index (χ0n) is 19.5. The monoisotopic (exact) mass is 521 g/mol. The number of halogens is 2. The highest BCUT2D eigenvalue weighted by molar-refractivity contribution is 6.42. The summed E-state index contributed by atoms with van der Waals surface area (Å²) in [6.07, 6.45) is 1.55. The van der Waals surface area contributed by atoms with Gasteiger partial charge in [-0.05, 0) is 55.1 Å². The van der Waals surface area contributed by atoms with E-state index in [1.54, 1.807) is 28.8 Å². The average molecular weight is 522 g/mol. The fraction of sp³-hybridized carbons (Fsp3) is 0.440. The number of nitrogens with zero attached hydrogens (tertiary/aromatic N) is 2. The Morgan fingerprint density at radius 3 is 2.71 bits per heavy atom. The molecule has 1 aliphatic heterocycles. The predicted octanol–water partition coefficient (Wildman–Crippen LogP) is 3.50. The summed E-state index contributed by atoms with van der Waals surface area (Å²) in [7, 11) is 1.36. The Labute approximate surface area is 213 Å². The first-order chi connectivity index (χ1) is 16.8. The van der Waals surface area contributed by atoms with E-state index in [1.807, 2.05) is 12.1 Å². The second-order valence-electron chi connectivity index (χ2n) is 8.95. The first-order valence-corrected chi connectivity index (χ1v) is 12.3. The van der Waals surface area contributed by atoms with Crippen LogP contribution in [0.2, 0.25) is 10.0 Å². The predicted molar refractivity (Wildman–Crippen MR) is 135 cm³/mol. The molecule has 1 aromatic heterocycles. The number of aromatic nitrogens is 2. The number of hydrogen-bond acceptors (Lipinski definition) is 6. The Kier molecular flexibility index (Phi) is 8.38. The third kappa shape index (κ3) is 6.58. The van der Waals surface area contributed by atoms with Gasteiger partial charge in [0.05, 0.1) is 34.6 Å². The first kappa shape index (κ1) is 25.6. The number of ether oxygens (including phenoxy) is 2. The number of hydrogen-bond donors (Lipinski definition) is 2. The van der Waals surface area contributed by atoms with Crippen LogP contribution >= 0.6 is 23.2 Å². The van der Waals surface area contributed by atoms with Gasteiger partial charge in [-0.1, -0.05) is 35.3 Å². The Bertz CT molecular complexity index is 1220. The Morgan fingerprint density at radius 2 is 1.97 bits per heavy atom. The highest BCUT2D eigenvalue weighted by Gasteiger charge is 2.24. The maximum Gasteiger partial charge on any atom is 0.326 e. The fourth-order valence-electron chi connectivity index (χ4n) is 4.54. The molecule has 1 fully saturated rings. The molecule has 2 heterocycles. The normalized spacial score (nSPS) is 17.4. The number of β-amino-alcohol motifs (C(OH)–C–C–N with tert-alkyl or cyclic N) is 1. The lowest BCUT2D eigenvalue weighted by Gasteiger charge is -2.34. The zero-order valence-corrected chi connectivity index (χ0v) is 21.0. The van der Waals surface area contributed by atoms with Gasteiger partial charge in [0.2, 0.25) is 0 Å². The van der Waals surface area contributed by atoms with Gasteiger partial charge in [0.15, 0.2) is 0 Å². The zero-order chi connectivity index (χ0) is 24.9. The molecule has 2 N–H and O–H groups in total. The van der Waals surface area contributed by atoms with E-state index < -0.39 is 6.10 Å². The summed E-state index contributed by atoms with van der Waals surface area (Å²) in [5.74, 6) is 0.605. The van der Waals surface area contributed by atoms with Crippen LogP contribution in [-0.4, -0.2) is 65.0 Å². The quantitative estimate of drug-likeness (QED) is 0.418. The van der Waals surface area contributed by atoms with Gasteiger partial charge in [0.1, 0.15) is 18.5 Å². The molecule has 1 saturated heterocycles. The molecule has 188 valence electrons. The van der Waals surface area contributed by atoms with Crippen LogP contribution in [-0.2, 0) is 22.5 Å². The van der Waals surface area contributed by atoms with E-state index in [2.05, 4.69) is 14.6 Å². The van der Waals surface area contributed by atoms with Crippen molar-refractivity contribution in [1.29, 1.82) is 0 Å². The standard InChI is InChI=1S/C25H29Cl2N3O5/c1-34-24(32)9-16-4-6-19(7-5-16)35-15-18(31)14-29-8-2-3-17(12-29)13-30-23-11-21(27)20(26)10-22(23)28-25(30)33/h4-7,10-11,17-18,31H,2-3,8-9,12-15H2,1H3,(H,28,33). The minimum Gasteiger partial charge on any atom is -0.491 e. The molecule has 2 atom stereocenters. The second kappa shape index (κ2) is 11.5. The number of rotatable bonds is 9. The summed E-state index contributed by atoms with van der Waals surface area (Å²) >= 11 is 12.3. The summed E-state index contributed by atoms with van der Waals surface area (Å²) in [6.45, 7) is 2.89. The first-order valence-electron chi connectivity index (χ1n) is 11.6. The number of aliphatic hydroxyl groups is 1. The van der Waals surface area contributed by atoms with Crippen LogP contribution in [0, 0.1) is 5.92 Å². The summed E-state index contributed by atoms with van der Waals surface area (Å²) in [4.78, 5) is 29.0. The van der Waals surface area contributed by atoms with Gasteiger partial charge in [0.25, 0.3) is 0 Å². The molecule has 10 heteroatoms. The number of carbonyl (C=O) groups is 1. The van der Waals surface area contributed by atoms with Crippen LogP contribution in [0.1, 0.15) is 18.4 Å². The maximum absolute atomic E-state index is 12.5. The highest BCUT2D eigenvalue weighted by atomic mass is 35.5. The molecule has 4 rings (SSSR count). The minimum atomic E-state index is -0.653. The summed E-state index contributed by atoms with van der Waals surface area (Å²) < 4.78 is 12.1. The topological polar surface area (TPSA) is 96.8 Å². The fourth-order valence-corrected chi connectivity index (χ4v) is 4.86. The molecule has 0 bridgehead atoms. The van der Waals surface area contributed by atoms with Crippen LogP contribution in [0.4, 0.5) is 0 Å². The number of fused-ring (bicyclic) bond motifs is 1. The number of aromatic amines is 1. The smallest absolute Gasteiger partial charge is 0.326 e. The van der Waals surface area contributed by atoms with Gasteiger partial charge in [-0.25, -0.2) is 4.79 Å². The van der Waals surface area contributed by atoms with Crippen molar-refractivity contribution < 1.29 is 19.4 Å². The molecule has 0 amide bonds. The number of imidazole rings is 1. The van der Waals surface area contributed by atoms with Crippen LogP contribution in [0.25, 0.3) is 11.0 Å². The SMILES string of the molecule is COC(=O)Cc1ccc(OCC(O)CN2CCCC(Cn3c(=O)[nH]c4cc(Cl)c(Cl)cc43)C2)cc1. The van der Waals surface area contributed by atoms with Crippen molar-refractivity contribution in [2.45, 2.75) is 31.9 Å². The average Bonchev–Trinajstić information content (AvgIpc) is 3.12. The number of esters is 1. The van der Waals surface area contributed by atoms with Crippen molar-refractivity contribution in [3.63, 3.8) is 0 Å². The molecule has 2 unspecified atom stereocenters. The van der Waals surface area contributed by atoms with Crippen molar-refractivity contribution in [1.82, 2.24) is 14.5 Å². The van der Waals surface area contributed by atoms with Crippen LogP contribution in [0.5, 0.6) is 5.75 Å². The van der Waals surface area contributed by atoms with E-state index in [0.717, 1.165) is 37.0 Å². The lowest BCUT2D eigenvalue weighted by atomic mass is 9.97. The Hall–Kier alpha value is -2.52. The number of benzene rings is 2. The van der Waals surface area contributed by atoms with Gasteiger partial charge < -0.3 is 24.5 Å². The van der Waals surface area contributed by atoms with Crippen molar-refractivity contribution in [2.24, 2.45) is 5.92 Å². The van der Waals surface area contributed by atoms with Crippen molar-refractivity contribution >= 4 is 40.2 Å². The Morgan fingerprint density at radius 1 is 1.23 bits per heavy atom. The highest BCUT2D eigenvalue weighted by Crippen LogP contribution is 2.27. The number of H-pyrrole nitrogens is 1. The molecule has 35 heavy (non-hydrogen) atoms. The molecule has 1 aliphatic rings. The van der Waals surface area contributed by atoms with Crippen LogP contribution in [0.15, 0.2) is 41.2 Å². The maximum atomic E-state index is 12.5. The molecule has 3 aromatic rings. The minimum absolute atomic E-state index is 0.165. The summed E-state index contributed by atoms with van der Waals surface area (Å²) in [6, 6.07) is 10.6. The Balaban J connectivity index is 1.29. The summed E-state index contributed by atoms with van der Waals surface area (Å²) in [5, 5.41) is 11.4.